The third-order valence-electron chi connectivity index (χ3n) is 4.53. The monoisotopic (exact) mass is 385 g/mol. The van der Waals surface area contributed by atoms with E-state index in [4.69, 9.17) is 11.6 Å². The molecule has 0 aliphatic carbocycles. The van der Waals surface area contributed by atoms with Gasteiger partial charge < -0.3 is 15.5 Å². The zero-order valence-corrected chi connectivity index (χ0v) is 16.2. The van der Waals surface area contributed by atoms with Crippen molar-refractivity contribution in [2.24, 2.45) is 0 Å². The van der Waals surface area contributed by atoms with Crippen LogP contribution in [0.4, 0.5) is 11.8 Å². The maximum atomic E-state index is 11.5. The summed E-state index contributed by atoms with van der Waals surface area (Å²) in [4.78, 5) is 22.6. The first kappa shape index (κ1) is 19.3. The molecule has 0 unspecified atom stereocenters. The predicted octanol–water partition coefficient (Wildman–Crippen LogP) is 3.16. The van der Waals surface area contributed by atoms with Gasteiger partial charge in [0.05, 0.1) is 6.20 Å². The molecule has 3 rings (SSSR count). The van der Waals surface area contributed by atoms with Gasteiger partial charge in [-0.2, -0.15) is 4.98 Å². The lowest BCUT2D eigenvalue weighted by atomic mass is 10.1. The van der Waals surface area contributed by atoms with Gasteiger partial charge in [-0.1, -0.05) is 42.4 Å². The second kappa shape index (κ2) is 8.97. The molecule has 2 N–H and O–H groups in total. The van der Waals surface area contributed by atoms with E-state index in [1.54, 1.807) is 6.20 Å². The summed E-state index contributed by atoms with van der Waals surface area (Å²) < 4.78 is 0. The minimum atomic E-state index is 0.00669. The minimum Gasteiger partial charge on any atom is -0.365 e. The van der Waals surface area contributed by atoms with Crippen LogP contribution in [-0.4, -0.2) is 46.8 Å². The van der Waals surface area contributed by atoms with E-state index >= 15 is 0 Å². The number of carbonyl (C=O) groups excluding carboxylic acids is 1. The maximum absolute atomic E-state index is 11.5. The van der Waals surface area contributed by atoms with Gasteiger partial charge in [0, 0.05) is 25.6 Å². The van der Waals surface area contributed by atoms with Crippen LogP contribution >= 0.6 is 11.6 Å². The molecule has 27 heavy (non-hydrogen) atoms. The smallest absolute Gasteiger partial charge is 0.224 e. The van der Waals surface area contributed by atoms with Crippen LogP contribution in [0.15, 0.2) is 43.1 Å². The van der Waals surface area contributed by atoms with E-state index in [1.807, 2.05) is 24.3 Å². The van der Waals surface area contributed by atoms with Crippen LogP contribution < -0.4 is 10.6 Å². The first-order valence-electron chi connectivity index (χ1n) is 8.98. The largest absolute Gasteiger partial charge is 0.365 e. The van der Waals surface area contributed by atoms with Crippen molar-refractivity contribution in [3.05, 3.63) is 59.3 Å². The van der Waals surface area contributed by atoms with Crippen molar-refractivity contribution in [3.63, 3.8) is 0 Å². The van der Waals surface area contributed by atoms with Crippen molar-refractivity contribution in [3.8, 4) is 0 Å². The molecule has 2 heterocycles. The number of nitrogens with one attached hydrogen (secondary N) is 2. The average molecular weight is 386 g/mol. The predicted molar refractivity (Wildman–Crippen MR) is 109 cm³/mol. The van der Waals surface area contributed by atoms with Gasteiger partial charge in [-0.05, 0) is 37.2 Å². The molecule has 6 nitrogen and oxygen atoms in total. The molecule has 1 atom stereocenters. The van der Waals surface area contributed by atoms with E-state index in [0.29, 0.717) is 35.8 Å². The summed E-state index contributed by atoms with van der Waals surface area (Å²) in [6.45, 7) is 6.12. The highest BCUT2D eigenvalue weighted by Crippen LogP contribution is 2.21. The van der Waals surface area contributed by atoms with E-state index in [1.165, 1.54) is 6.08 Å². The molecule has 1 fully saturated rings. The average Bonchev–Trinajstić information content (AvgIpc) is 3.07. The number of aromatic nitrogens is 2. The number of ketones is 1. The van der Waals surface area contributed by atoms with Crippen molar-refractivity contribution >= 4 is 29.2 Å². The lowest BCUT2D eigenvalue weighted by Gasteiger charge is -2.14. The molecule has 0 amide bonds. The van der Waals surface area contributed by atoms with Crippen molar-refractivity contribution < 1.29 is 4.79 Å². The van der Waals surface area contributed by atoms with Gasteiger partial charge in [-0.15, -0.1) is 0 Å². The Labute approximate surface area is 164 Å². The maximum Gasteiger partial charge on any atom is 0.224 e. The molecule has 0 spiro atoms. The van der Waals surface area contributed by atoms with Crippen LogP contribution in [0.25, 0.3) is 0 Å². The van der Waals surface area contributed by atoms with Crippen molar-refractivity contribution in [1.82, 2.24) is 14.9 Å². The number of halogens is 1. The van der Waals surface area contributed by atoms with Crippen LogP contribution in [0.5, 0.6) is 0 Å². The Hall–Kier alpha value is -2.44. The van der Waals surface area contributed by atoms with Gasteiger partial charge in [0.15, 0.2) is 11.6 Å². The topological polar surface area (TPSA) is 70.2 Å². The van der Waals surface area contributed by atoms with Gasteiger partial charge in [-0.25, -0.2) is 4.98 Å². The third-order valence-corrected chi connectivity index (χ3v) is 4.80. The molecule has 1 aromatic heterocycles. The Morgan fingerprint density at radius 2 is 2.26 bits per heavy atom. The number of nitrogens with zero attached hydrogens (tertiary/aromatic N) is 3. The van der Waals surface area contributed by atoms with E-state index < -0.39 is 0 Å². The number of hydrogen-bond donors (Lipinski definition) is 2. The van der Waals surface area contributed by atoms with Gasteiger partial charge in [-0.3, -0.25) is 4.79 Å². The molecule has 0 bridgehead atoms. The summed E-state index contributed by atoms with van der Waals surface area (Å²) in [5, 5.41) is 7.10. The van der Waals surface area contributed by atoms with Crippen LogP contribution in [0, 0.1) is 0 Å². The Morgan fingerprint density at radius 3 is 3.00 bits per heavy atom. The van der Waals surface area contributed by atoms with E-state index in [2.05, 4.69) is 39.1 Å². The van der Waals surface area contributed by atoms with Crippen molar-refractivity contribution in [1.29, 1.82) is 0 Å². The lowest BCUT2D eigenvalue weighted by Crippen LogP contribution is -2.24. The summed E-state index contributed by atoms with van der Waals surface area (Å²) >= 11 is 6.24. The Morgan fingerprint density at radius 1 is 1.44 bits per heavy atom. The molecule has 2 aromatic rings. The number of rotatable bonds is 8. The zero-order chi connectivity index (χ0) is 19.2. The molecule has 1 saturated heterocycles. The Kier molecular flexibility index (Phi) is 6.42. The molecule has 1 aromatic carbocycles. The van der Waals surface area contributed by atoms with Gasteiger partial charge in [0.25, 0.3) is 0 Å². The number of hydrogen-bond acceptors (Lipinski definition) is 6. The lowest BCUT2D eigenvalue weighted by molar-refractivity contribution is -0.114. The second-order valence-corrected chi connectivity index (χ2v) is 7.21. The molecule has 1 aliphatic rings. The zero-order valence-electron chi connectivity index (χ0n) is 15.4. The van der Waals surface area contributed by atoms with Crippen LogP contribution in [-0.2, 0) is 17.8 Å². The number of likely N-dealkylation sites (N-methyl/N-ethyl adjacent to an activating group) is 1. The fraction of sp³-hybridized carbons (Fsp3) is 0.350. The number of likely N-dealkylation sites (tertiary alicyclic amines) is 1. The van der Waals surface area contributed by atoms with Crippen LogP contribution in [0.2, 0.25) is 5.02 Å². The van der Waals surface area contributed by atoms with Crippen LogP contribution in [0.3, 0.4) is 0 Å². The molecular formula is C20H24ClN5O. The van der Waals surface area contributed by atoms with Gasteiger partial charge in [0.2, 0.25) is 5.95 Å². The first-order valence-corrected chi connectivity index (χ1v) is 9.36. The molecule has 7 heteroatoms. The summed E-state index contributed by atoms with van der Waals surface area (Å²) in [6, 6.07) is 8.22. The molecule has 1 aliphatic heterocycles. The third kappa shape index (κ3) is 5.52. The van der Waals surface area contributed by atoms with E-state index in [0.717, 1.165) is 30.6 Å². The summed E-state index contributed by atoms with van der Waals surface area (Å²) in [6.07, 6.45) is 4.39. The van der Waals surface area contributed by atoms with Crippen LogP contribution in [0.1, 0.15) is 17.5 Å². The highest BCUT2D eigenvalue weighted by molar-refractivity contribution is 6.32. The van der Waals surface area contributed by atoms with Crippen molar-refractivity contribution in [2.45, 2.75) is 25.4 Å². The summed E-state index contributed by atoms with van der Waals surface area (Å²) in [7, 11) is 2.11. The fourth-order valence-electron chi connectivity index (χ4n) is 3.10. The molecule has 142 valence electrons. The summed E-state index contributed by atoms with van der Waals surface area (Å²) in [5.74, 6) is 1.17. The highest BCUT2D eigenvalue weighted by atomic mass is 35.5. The second-order valence-electron chi connectivity index (χ2n) is 6.80. The molecule has 0 radical (unpaired) electrons. The number of anilines is 2. The number of carbonyl (C=O) groups is 1. The SMILES string of the molecule is C=CC(=O)Cc1cccc(CNc2nc(N[C@@H]3CCN(C)C3)ncc2Cl)c1. The fourth-order valence-corrected chi connectivity index (χ4v) is 3.26. The Balaban J connectivity index is 1.63. The quantitative estimate of drug-likeness (QED) is 0.680. The minimum absolute atomic E-state index is 0.00669. The van der Waals surface area contributed by atoms with E-state index in [9.17, 15) is 4.79 Å². The number of allylic oxidation sites excluding steroid dienone is 1. The van der Waals surface area contributed by atoms with Gasteiger partial charge >= 0.3 is 0 Å². The molecule has 0 saturated carbocycles. The van der Waals surface area contributed by atoms with Crippen molar-refractivity contribution in [2.75, 3.05) is 30.8 Å². The standard InChI is InChI=1S/C20H24ClN5O/c1-3-17(27)10-14-5-4-6-15(9-14)11-22-19-18(21)12-23-20(25-19)24-16-7-8-26(2)13-16/h3-6,9,12,16H,1,7-8,10-11,13H2,2H3,(H2,22,23,24,25)/t16-/m1/s1. The normalized spacial score (nSPS) is 16.9. The molecular weight excluding hydrogens is 362 g/mol. The first-order chi connectivity index (χ1) is 13.0. The Bertz CT molecular complexity index is 826. The van der Waals surface area contributed by atoms with E-state index in [-0.39, 0.29) is 5.78 Å². The summed E-state index contributed by atoms with van der Waals surface area (Å²) in [5.41, 5.74) is 2.01. The number of benzene rings is 1. The van der Waals surface area contributed by atoms with Gasteiger partial charge in [0.1, 0.15) is 5.02 Å². The highest BCUT2D eigenvalue weighted by Gasteiger charge is 2.20.